The number of nitrogens with zero attached hydrogens (tertiary/aromatic N) is 1. The molecule has 3 fully saturated rings. The molecule has 2 atom stereocenters. The second-order valence-corrected chi connectivity index (χ2v) is 6.30. The predicted octanol–water partition coefficient (Wildman–Crippen LogP) is -0.506. The molecule has 2 amide bonds. The number of nitrogens with one attached hydrogen (secondary N) is 2. The first-order valence-corrected chi connectivity index (χ1v) is 7.53. The van der Waals surface area contributed by atoms with Crippen LogP contribution in [0.2, 0.25) is 0 Å². The van der Waals surface area contributed by atoms with Gasteiger partial charge in [-0.05, 0) is 12.8 Å². The summed E-state index contributed by atoms with van der Waals surface area (Å²) >= 11 is 0. The molecular weight excluding hydrogens is 258 g/mol. The maximum absolute atomic E-state index is 12.4. The fourth-order valence-electron chi connectivity index (χ4n) is 3.55. The van der Waals surface area contributed by atoms with Crippen molar-refractivity contribution in [3.8, 4) is 0 Å². The van der Waals surface area contributed by atoms with Crippen molar-refractivity contribution in [1.29, 1.82) is 0 Å². The summed E-state index contributed by atoms with van der Waals surface area (Å²) in [6.45, 7) is 4.43. The summed E-state index contributed by atoms with van der Waals surface area (Å²) < 4.78 is 5.39. The summed E-state index contributed by atoms with van der Waals surface area (Å²) in [7, 11) is 0. The Kier molecular flexibility index (Phi) is 3.94. The number of ether oxygens (including phenoxy) is 1. The third kappa shape index (κ3) is 2.96. The van der Waals surface area contributed by atoms with Crippen LogP contribution in [0.3, 0.4) is 0 Å². The number of carbonyl (C=O) groups is 2. The first kappa shape index (κ1) is 13.8. The van der Waals surface area contributed by atoms with Gasteiger partial charge in [-0.15, -0.1) is 0 Å². The number of likely N-dealkylation sites (tertiary alicyclic amines) is 1. The van der Waals surface area contributed by atoms with E-state index in [1.54, 1.807) is 0 Å². The van der Waals surface area contributed by atoms with Gasteiger partial charge in [0.05, 0.1) is 13.2 Å². The molecule has 0 aromatic carbocycles. The molecular formula is C14H23N3O3. The molecule has 2 unspecified atom stereocenters. The topological polar surface area (TPSA) is 70.7 Å². The number of piperidine rings is 1. The lowest BCUT2D eigenvalue weighted by atomic mass is 9.79. The number of amides is 2. The van der Waals surface area contributed by atoms with E-state index in [0.717, 1.165) is 45.6 Å². The van der Waals surface area contributed by atoms with E-state index in [9.17, 15) is 9.59 Å². The second kappa shape index (κ2) is 5.69. The summed E-state index contributed by atoms with van der Waals surface area (Å²) in [5, 5.41) is 6.23. The second-order valence-electron chi connectivity index (χ2n) is 6.30. The predicted molar refractivity (Wildman–Crippen MR) is 73.1 cm³/mol. The normalized spacial score (nSPS) is 34.3. The number of rotatable bonds is 2. The van der Waals surface area contributed by atoms with Crippen molar-refractivity contribution in [2.75, 3.05) is 39.4 Å². The quantitative estimate of drug-likeness (QED) is 0.715. The Balaban J connectivity index is 1.56. The molecule has 3 saturated heterocycles. The molecule has 3 aliphatic heterocycles. The zero-order valence-electron chi connectivity index (χ0n) is 11.8. The number of carbonyl (C=O) groups excluding carboxylic acids is 2. The first-order chi connectivity index (χ1) is 9.67. The average Bonchev–Trinajstić information content (AvgIpc) is 2.80. The van der Waals surface area contributed by atoms with Gasteiger partial charge in [0, 0.05) is 50.5 Å². The highest BCUT2D eigenvalue weighted by Gasteiger charge is 2.42. The van der Waals surface area contributed by atoms with Crippen LogP contribution in [0.1, 0.15) is 25.7 Å². The van der Waals surface area contributed by atoms with Crippen molar-refractivity contribution in [3.63, 3.8) is 0 Å². The SMILES string of the molecule is O=C1CC2(CCCN(C(=O)CC3COCCN3)C2)CN1. The van der Waals surface area contributed by atoms with Crippen LogP contribution < -0.4 is 10.6 Å². The van der Waals surface area contributed by atoms with E-state index in [4.69, 9.17) is 4.74 Å². The first-order valence-electron chi connectivity index (χ1n) is 7.53. The molecule has 6 nitrogen and oxygen atoms in total. The van der Waals surface area contributed by atoms with Gasteiger partial charge in [-0.2, -0.15) is 0 Å². The minimum atomic E-state index is -0.0124. The van der Waals surface area contributed by atoms with Gasteiger partial charge in [-0.25, -0.2) is 0 Å². The highest BCUT2D eigenvalue weighted by Crippen LogP contribution is 2.36. The summed E-state index contributed by atoms with van der Waals surface area (Å²) in [4.78, 5) is 25.8. The fourth-order valence-corrected chi connectivity index (χ4v) is 3.55. The molecule has 0 radical (unpaired) electrons. The lowest BCUT2D eigenvalue weighted by Gasteiger charge is -2.40. The van der Waals surface area contributed by atoms with Crippen LogP contribution in [0, 0.1) is 5.41 Å². The Hall–Kier alpha value is -1.14. The van der Waals surface area contributed by atoms with Gasteiger partial charge in [0.15, 0.2) is 0 Å². The Morgan fingerprint density at radius 3 is 3.10 bits per heavy atom. The van der Waals surface area contributed by atoms with Crippen LogP contribution in [0.5, 0.6) is 0 Å². The van der Waals surface area contributed by atoms with Crippen molar-refractivity contribution in [2.45, 2.75) is 31.7 Å². The van der Waals surface area contributed by atoms with Gasteiger partial charge in [0.25, 0.3) is 0 Å². The lowest BCUT2D eigenvalue weighted by molar-refractivity contribution is -0.136. The molecule has 0 saturated carbocycles. The van der Waals surface area contributed by atoms with Gasteiger partial charge in [0.2, 0.25) is 11.8 Å². The summed E-state index contributed by atoms with van der Waals surface area (Å²) in [6, 6.07) is 0.137. The molecule has 0 aromatic heterocycles. The molecule has 0 bridgehead atoms. The fraction of sp³-hybridized carbons (Fsp3) is 0.857. The van der Waals surface area contributed by atoms with E-state index in [1.165, 1.54) is 0 Å². The molecule has 112 valence electrons. The highest BCUT2D eigenvalue weighted by molar-refractivity contribution is 5.80. The molecule has 20 heavy (non-hydrogen) atoms. The van der Waals surface area contributed by atoms with E-state index in [2.05, 4.69) is 10.6 Å². The molecule has 3 heterocycles. The highest BCUT2D eigenvalue weighted by atomic mass is 16.5. The maximum Gasteiger partial charge on any atom is 0.224 e. The van der Waals surface area contributed by atoms with Crippen LogP contribution in [-0.2, 0) is 14.3 Å². The summed E-state index contributed by atoms with van der Waals surface area (Å²) in [5.74, 6) is 0.313. The Bertz CT molecular complexity index is 395. The van der Waals surface area contributed by atoms with Crippen LogP contribution in [-0.4, -0.2) is 62.1 Å². The Morgan fingerprint density at radius 2 is 2.40 bits per heavy atom. The molecule has 2 N–H and O–H groups in total. The maximum atomic E-state index is 12.4. The van der Waals surface area contributed by atoms with Crippen LogP contribution in [0.4, 0.5) is 0 Å². The van der Waals surface area contributed by atoms with Crippen molar-refractivity contribution < 1.29 is 14.3 Å². The van der Waals surface area contributed by atoms with Gasteiger partial charge in [-0.3, -0.25) is 9.59 Å². The standard InChI is InChI=1S/C14H23N3O3/c18-12-7-14(9-16-12)2-1-4-17(10-14)13(19)6-11-8-20-5-3-15-11/h11,15H,1-10H2,(H,16,18). The zero-order valence-corrected chi connectivity index (χ0v) is 11.8. The molecule has 6 heteroatoms. The Morgan fingerprint density at radius 1 is 1.50 bits per heavy atom. The molecule has 0 aliphatic carbocycles. The summed E-state index contributed by atoms with van der Waals surface area (Å²) in [6.07, 6.45) is 3.11. The van der Waals surface area contributed by atoms with E-state index in [1.807, 2.05) is 4.90 Å². The minimum Gasteiger partial charge on any atom is -0.378 e. The largest absolute Gasteiger partial charge is 0.378 e. The molecule has 3 aliphatic rings. The van der Waals surface area contributed by atoms with Gasteiger partial charge in [-0.1, -0.05) is 0 Å². The van der Waals surface area contributed by atoms with Crippen LogP contribution >= 0.6 is 0 Å². The minimum absolute atomic E-state index is 0.0124. The smallest absolute Gasteiger partial charge is 0.224 e. The van der Waals surface area contributed by atoms with Gasteiger partial charge < -0.3 is 20.3 Å². The van der Waals surface area contributed by atoms with E-state index < -0.39 is 0 Å². The molecule has 1 spiro atoms. The van der Waals surface area contributed by atoms with Crippen molar-refractivity contribution >= 4 is 11.8 Å². The third-order valence-electron chi connectivity index (χ3n) is 4.63. The van der Waals surface area contributed by atoms with Crippen molar-refractivity contribution in [3.05, 3.63) is 0 Å². The Labute approximate surface area is 119 Å². The number of hydrogen-bond acceptors (Lipinski definition) is 4. The zero-order chi connectivity index (χ0) is 14.0. The third-order valence-corrected chi connectivity index (χ3v) is 4.63. The summed E-state index contributed by atoms with van der Waals surface area (Å²) in [5.41, 5.74) is -0.0124. The van der Waals surface area contributed by atoms with Gasteiger partial charge in [0.1, 0.15) is 0 Å². The number of morpholine rings is 1. The number of hydrogen-bond donors (Lipinski definition) is 2. The van der Waals surface area contributed by atoms with Gasteiger partial charge >= 0.3 is 0 Å². The van der Waals surface area contributed by atoms with E-state index >= 15 is 0 Å². The molecule has 0 aromatic rings. The lowest BCUT2D eigenvalue weighted by Crippen LogP contribution is -2.50. The van der Waals surface area contributed by atoms with Crippen molar-refractivity contribution in [2.24, 2.45) is 5.41 Å². The average molecular weight is 281 g/mol. The van der Waals surface area contributed by atoms with E-state index in [0.29, 0.717) is 19.4 Å². The van der Waals surface area contributed by atoms with Crippen LogP contribution in [0.15, 0.2) is 0 Å². The monoisotopic (exact) mass is 281 g/mol. The molecule has 3 rings (SSSR count). The van der Waals surface area contributed by atoms with Crippen LogP contribution in [0.25, 0.3) is 0 Å². The van der Waals surface area contributed by atoms with E-state index in [-0.39, 0.29) is 23.3 Å². The van der Waals surface area contributed by atoms with Crippen molar-refractivity contribution in [1.82, 2.24) is 15.5 Å².